The first kappa shape index (κ1) is 6.09. The molecule has 0 amide bonds. The normalized spacial score (nSPS) is 10.5. The third-order valence-electron chi connectivity index (χ3n) is 1.54. The number of hydrogen-bond donors (Lipinski definition) is 2. The highest BCUT2D eigenvalue weighted by molar-refractivity contribution is 5.84. The highest BCUT2D eigenvalue weighted by atomic mass is 16.4. The molecule has 0 unspecified atom stereocenters. The van der Waals surface area contributed by atoms with Gasteiger partial charge in [-0.3, -0.25) is 0 Å². The van der Waals surface area contributed by atoms with Gasteiger partial charge in [-0.15, -0.1) is 0 Å². The molecule has 0 aliphatic carbocycles. The largest absolute Gasteiger partial charge is 0.508 e. The lowest BCUT2D eigenvalue weighted by molar-refractivity contribution is 0.463. The van der Waals surface area contributed by atoms with Crippen molar-refractivity contribution < 1.29 is 14.6 Å². The van der Waals surface area contributed by atoms with E-state index in [1.807, 2.05) is 0 Å². The van der Waals surface area contributed by atoms with E-state index in [0.29, 0.717) is 11.0 Å². The Labute approximate surface area is 62.5 Å². The van der Waals surface area contributed by atoms with Crippen molar-refractivity contribution in [2.24, 2.45) is 0 Å². The molecule has 2 aromatic rings. The summed E-state index contributed by atoms with van der Waals surface area (Å²) in [5.41, 5.74) is 0.488. The number of rotatable bonds is 0. The number of fused-ring (bicyclic) bond motifs is 1. The van der Waals surface area contributed by atoms with Gasteiger partial charge in [-0.05, 0) is 12.1 Å². The summed E-state index contributed by atoms with van der Waals surface area (Å²) in [7, 11) is 0. The van der Waals surface area contributed by atoms with Crippen LogP contribution in [0.3, 0.4) is 0 Å². The molecule has 1 aromatic carbocycles. The third kappa shape index (κ3) is 0.816. The summed E-state index contributed by atoms with van der Waals surface area (Å²) in [6.45, 7) is 0. The van der Waals surface area contributed by atoms with Crippen molar-refractivity contribution in [1.29, 1.82) is 0 Å². The smallest absolute Gasteiger partial charge is 0.161 e. The van der Waals surface area contributed by atoms with Crippen LogP contribution in [0.2, 0.25) is 0 Å². The van der Waals surface area contributed by atoms with Gasteiger partial charge in [0.05, 0.1) is 5.39 Å². The van der Waals surface area contributed by atoms with E-state index in [4.69, 9.17) is 14.6 Å². The van der Waals surface area contributed by atoms with Crippen LogP contribution >= 0.6 is 0 Å². The van der Waals surface area contributed by atoms with Gasteiger partial charge in [-0.2, -0.15) is 0 Å². The van der Waals surface area contributed by atoms with Crippen LogP contribution in [0, 0.1) is 0 Å². The molecule has 3 nitrogen and oxygen atoms in total. The van der Waals surface area contributed by atoms with E-state index in [9.17, 15) is 0 Å². The Morgan fingerprint density at radius 1 is 1.18 bits per heavy atom. The Kier molecular flexibility index (Phi) is 1.06. The topological polar surface area (TPSA) is 53.6 Å². The van der Waals surface area contributed by atoms with E-state index in [2.05, 4.69) is 0 Å². The van der Waals surface area contributed by atoms with E-state index in [0.717, 1.165) is 0 Å². The summed E-state index contributed by atoms with van der Waals surface area (Å²) >= 11 is 0. The van der Waals surface area contributed by atoms with Gasteiger partial charge in [0, 0.05) is 6.07 Å². The molecule has 0 saturated carbocycles. The number of hydrogen-bond acceptors (Lipinski definition) is 3. The van der Waals surface area contributed by atoms with Crippen LogP contribution in [-0.4, -0.2) is 10.2 Å². The SMILES string of the molecule is Oc1ccc2c(O)coc2c1. The van der Waals surface area contributed by atoms with Gasteiger partial charge in [0.25, 0.3) is 0 Å². The molecule has 0 bridgehead atoms. The standard InChI is InChI=1S/C8H6O3/c9-5-1-2-6-7(10)4-11-8(6)3-5/h1-4,9-10H. The molecule has 2 N–H and O–H groups in total. The maximum Gasteiger partial charge on any atom is 0.161 e. The molecule has 0 atom stereocenters. The molecule has 0 saturated heterocycles. The van der Waals surface area contributed by atoms with Crippen LogP contribution in [0.5, 0.6) is 11.5 Å². The minimum absolute atomic E-state index is 0.0972. The van der Waals surface area contributed by atoms with E-state index < -0.39 is 0 Å². The molecule has 0 radical (unpaired) electrons. The van der Waals surface area contributed by atoms with Crippen LogP contribution in [0.1, 0.15) is 0 Å². The Morgan fingerprint density at radius 3 is 2.82 bits per heavy atom. The Morgan fingerprint density at radius 2 is 2.00 bits per heavy atom. The zero-order chi connectivity index (χ0) is 7.84. The number of phenolic OH excluding ortho intramolecular Hbond substituents is 1. The summed E-state index contributed by atoms with van der Waals surface area (Å²) in [5, 5.41) is 18.7. The molecule has 11 heavy (non-hydrogen) atoms. The van der Waals surface area contributed by atoms with Gasteiger partial charge in [0.1, 0.15) is 17.6 Å². The summed E-state index contributed by atoms with van der Waals surface area (Å²) in [6.07, 6.45) is 1.24. The van der Waals surface area contributed by atoms with Crippen molar-refractivity contribution in [2.75, 3.05) is 0 Å². The fourth-order valence-corrected chi connectivity index (χ4v) is 1.00. The van der Waals surface area contributed by atoms with Crippen molar-refractivity contribution in [1.82, 2.24) is 0 Å². The average molecular weight is 150 g/mol. The quantitative estimate of drug-likeness (QED) is 0.602. The van der Waals surface area contributed by atoms with E-state index in [1.54, 1.807) is 6.07 Å². The molecule has 0 aliphatic heterocycles. The second-order valence-corrected chi connectivity index (χ2v) is 2.30. The van der Waals surface area contributed by atoms with E-state index in [1.165, 1.54) is 18.4 Å². The maximum atomic E-state index is 9.13. The summed E-state index contributed by atoms with van der Waals surface area (Å²) < 4.78 is 4.92. The molecule has 0 aliphatic rings. The number of phenols is 1. The van der Waals surface area contributed by atoms with Gasteiger partial charge in [0.15, 0.2) is 5.75 Å². The predicted molar refractivity (Wildman–Crippen MR) is 39.5 cm³/mol. The summed E-state index contributed by atoms with van der Waals surface area (Å²) in [5.74, 6) is 0.229. The summed E-state index contributed by atoms with van der Waals surface area (Å²) in [6, 6.07) is 4.55. The Bertz CT molecular complexity index is 389. The lowest BCUT2D eigenvalue weighted by Gasteiger charge is -1.89. The van der Waals surface area contributed by atoms with Crippen molar-refractivity contribution in [3.05, 3.63) is 24.5 Å². The van der Waals surface area contributed by atoms with Gasteiger partial charge in [-0.1, -0.05) is 0 Å². The van der Waals surface area contributed by atoms with Crippen LogP contribution in [0.4, 0.5) is 0 Å². The molecular formula is C8H6O3. The lowest BCUT2D eigenvalue weighted by Crippen LogP contribution is -1.64. The predicted octanol–water partition coefficient (Wildman–Crippen LogP) is 1.84. The fraction of sp³-hybridized carbons (Fsp3) is 0. The van der Waals surface area contributed by atoms with Gasteiger partial charge >= 0.3 is 0 Å². The molecule has 3 heteroatoms. The highest BCUT2D eigenvalue weighted by Gasteiger charge is 2.03. The van der Waals surface area contributed by atoms with E-state index >= 15 is 0 Å². The van der Waals surface area contributed by atoms with Gasteiger partial charge < -0.3 is 14.6 Å². The third-order valence-corrected chi connectivity index (χ3v) is 1.54. The average Bonchev–Trinajstić information content (AvgIpc) is 2.32. The van der Waals surface area contributed by atoms with Crippen molar-refractivity contribution >= 4 is 11.0 Å². The monoisotopic (exact) mass is 150 g/mol. The summed E-state index contributed by atoms with van der Waals surface area (Å²) in [4.78, 5) is 0. The van der Waals surface area contributed by atoms with Crippen molar-refractivity contribution in [3.8, 4) is 11.5 Å². The zero-order valence-electron chi connectivity index (χ0n) is 5.61. The fourth-order valence-electron chi connectivity index (χ4n) is 1.00. The van der Waals surface area contributed by atoms with Crippen molar-refractivity contribution in [3.63, 3.8) is 0 Å². The van der Waals surface area contributed by atoms with Crippen LogP contribution in [-0.2, 0) is 0 Å². The maximum absolute atomic E-state index is 9.13. The molecule has 56 valence electrons. The van der Waals surface area contributed by atoms with E-state index in [-0.39, 0.29) is 11.5 Å². The first-order valence-electron chi connectivity index (χ1n) is 3.16. The zero-order valence-corrected chi connectivity index (χ0v) is 5.61. The first-order valence-corrected chi connectivity index (χ1v) is 3.16. The first-order chi connectivity index (χ1) is 5.27. The highest BCUT2D eigenvalue weighted by Crippen LogP contribution is 2.28. The number of aromatic hydroxyl groups is 2. The molecule has 2 rings (SSSR count). The Balaban J connectivity index is 2.86. The molecule has 0 fully saturated rings. The van der Waals surface area contributed by atoms with Crippen LogP contribution < -0.4 is 0 Å². The molecule has 1 aromatic heterocycles. The van der Waals surface area contributed by atoms with Crippen LogP contribution in [0.15, 0.2) is 28.9 Å². The molecule has 1 heterocycles. The lowest BCUT2D eigenvalue weighted by atomic mass is 10.2. The minimum atomic E-state index is 0.0972. The minimum Gasteiger partial charge on any atom is -0.508 e. The van der Waals surface area contributed by atoms with Gasteiger partial charge in [-0.25, -0.2) is 0 Å². The molecule has 0 spiro atoms. The molecular weight excluding hydrogens is 144 g/mol. The number of furan rings is 1. The second kappa shape index (κ2) is 1.92. The van der Waals surface area contributed by atoms with Crippen LogP contribution in [0.25, 0.3) is 11.0 Å². The Hall–Kier alpha value is -1.64. The second-order valence-electron chi connectivity index (χ2n) is 2.30. The van der Waals surface area contributed by atoms with Crippen molar-refractivity contribution in [2.45, 2.75) is 0 Å². The van der Waals surface area contributed by atoms with Gasteiger partial charge in [0.2, 0.25) is 0 Å². The number of benzene rings is 1.